The Kier molecular flexibility index (Phi) is 5.57. The fraction of sp³-hybridized carbons (Fsp3) is 0.222. The van der Waals surface area contributed by atoms with Crippen LogP contribution in [0.1, 0.15) is 6.92 Å². The highest BCUT2D eigenvalue weighted by Crippen LogP contribution is 2.31. The van der Waals surface area contributed by atoms with Crippen molar-refractivity contribution in [3.8, 4) is 0 Å². The molecule has 0 radical (unpaired) electrons. The van der Waals surface area contributed by atoms with Crippen LogP contribution in [0, 0.1) is 0 Å². The zero-order chi connectivity index (χ0) is 18.0. The van der Waals surface area contributed by atoms with Crippen molar-refractivity contribution in [2.24, 2.45) is 4.99 Å². The fourth-order valence-corrected chi connectivity index (χ4v) is 4.06. The topological polar surface area (TPSA) is 35.9 Å². The Morgan fingerprint density at radius 2 is 1.68 bits per heavy atom. The van der Waals surface area contributed by atoms with E-state index in [0.717, 1.165) is 22.3 Å². The standard InChI is InChI=1S/C18H17Cl2N3OS/c1-12(24)23(16-9-5-14(20)6-10-16)17-11-25-18(22(17)2)21-15-7-3-13(19)4-8-15/h3-10,17H,11H2,1-2H3. The van der Waals surface area contributed by atoms with Gasteiger partial charge < -0.3 is 4.90 Å². The molecular weight excluding hydrogens is 377 g/mol. The van der Waals surface area contributed by atoms with Crippen LogP contribution in [0.5, 0.6) is 0 Å². The Bertz CT molecular complexity index is 793. The van der Waals surface area contributed by atoms with Crippen molar-refractivity contribution in [1.82, 2.24) is 4.90 Å². The van der Waals surface area contributed by atoms with Crippen molar-refractivity contribution in [3.05, 3.63) is 58.6 Å². The van der Waals surface area contributed by atoms with Crippen LogP contribution < -0.4 is 4.90 Å². The highest BCUT2D eigenvalue weighted by atomic mass is 35.5. The van der Waals surface area contributed by atoms with E-state index >= 15 is 0 Å². The molecule has 1 fully saturated rings. The molecule has 2 aromatic carbocycles. The minimum atomic E-state index is -0.102. The van der Waals surface area contributed by atoms with Crippen molar-refractivity contribution in [2.75, 3.05) is 17.7 Å². The van der Waals surface area contributed by atoms with Crippen LogP contribution in [0.2, 0.25) is 10.0 Å². The summed E-state index contributed by atoms with van der Waals surface area (Å²) in [5.74, 6) is 0.720. The van der Waals surface area contributed by atoms with E-state index < -0.39 is 0 Å². The number of anilines is 1. The number of carbonyl (C=O) groups excluding carboxylic acids is 1. The van der Waals surface area contributed by atoms with Gasteiger partial charge in [0.05, 0.1) is 5.69 Å². The molecule has 1 atom stereocenters. The summed E-state index contributed by atoms with van der Waals surface area (Å²) in [5, 5.41) is 2.19. The number of amidine groups is 1. The van der Waals surface area contributed by atoms with Crippen LogP contribution in [-0.4, -0.2) is 34.9 Å². The number of aliphatic imine (C=N–C) groups is 1. The lowest BCUT2D eigenvalue weighted by Gasteiger charge is -2.32. The van der Waals surface area contributed by atoms with Gasteiger partial charge in [-0.15, -0.1) is 0 Å². The quantitative estimate of drug-likeness (QED) is 0.732. The van der Waals surface area contributed by atoms with Gasteiger partial charge in [0.1, 0.15) is 6.17 Å². The number of amides is 1. The third-order valence-corrected chi connectivity index (χ3v) is 5.51. The van der Waals surface area contributed by atoms with Crippen molar-refractivity contribution in [2.45, 2.75) is 13.1 Å². The number of halogens is 2. The molecule has 1 aliphatic rings. The van der Waals surface area contributed by atoms with Gasteiger partial charge in [-0.05, 0) is 48.5 Å². The van der Waals surface area contributed by atoms with Crippen LogP contribution in [0.25, 0.3) is 0 Å². The minimum absolute atomic E-state index is 0.0208. The highest BCUT2D eigenvalue weighted by Gasteiger charge is 2.34. The van der Waals surface area contributed by atoms with Crippen LogP contribution in [0.4, 0.5) is 11.4 Å². The lowest BCUT2D eigenvalue weighted by atomic mass is 10.2. The molecule has 0 N–H and O–H groups in total. The Labute approximate surface area is 161 Å². The summed E-state index contributed by atoms with van der Waals surface area (Å²) in [6, 6.07) is 14.7. The average Bonchev–Trinajstić information content (AvgIpc) is 2.92. The van der Waals surface area contributed by atoms with Crippen molar-refractivity contribution >= 4 is 57.4 Å². The van der Waals surface area contributed by atoms with Gasteiger partial charge in [-0.25, -0.2) is 4.99 Å². The molecule has 1 amide bonds. The summed E-state index contributed by atoms with van der Waals surface area (Å²) in [7, 11) is 1.95. The SMILES string of the molecule is CC(=O)N(c1ccc(Cl)cc1)C1CSC(=Nc2ccc(Cl)cc2)N1C. The van der Waals surface area contributed by atoms with E-state index in [1.807, 2.05) is 48.3 Å². The molecule has 25 heavy (non-hydrogen) atoms. The molecule has 1 aliphatic heterocycles. The van der Waals surface area contributed by atoms with Gasteiger partial charge in [0.2, 0.25) is 5.91 Å². The number of carbonyl (C=O) groups is 1. The summed E-state index contributed by atoms with van der Waals surface area (Å²) < 4.78 is 0. The van der Waals surface area contributed by atoms with Crippen LogP contribution in [0.15, 0.2) is 53.5 Å². The predicted octanol–water partition coefficient (Wildman–Crippen LogP) is 5.04. The Morgan fingerprint density at radius 3 is 2.24 bits per heavy atom. The maximum absolute atomic E-state index is 12.3. The largest absolute Gasteiger partial charge is 0.333 e. The average molecular weight is 394 g/mol. The number of thioether (sulfide) groups is 1. The van der Waals surface area contributed by atoms with E-state index in [-0.39, 0.29) is 12.1 Å². The van der Waals surface area contributed by atoms with Crippen LogP contribution in [-0.2, 0) is 4.79 Å². The van der Waals surface area contributed by atoms with E-state index in [1.54, 1.807) is 35.7 Å². The zero-order valence-corrected chi connectivity index (χ0v) is 16.1. The summed E-state index contributed by atoms with van der Waals surface area (Å²) in [6.07, 6.45) is -0.102. The summed E-state index contributed by atoms with van der Waals surface area (Å²) in [4.78, 5) is 20.7. The number of benzene rings is 2. The third kappa shape index (κ3) is 4.11. The smallest absolute Gasteiger partial charge is 0.225 e. The number of hydrogen-bond donors (Lipinski definition) is 0. The third-order valence-electron chi connectivity index (χ3n) is 3.90. The molecule has 3 rings (SSSR count). The first-order chi connectivity index (χ1) is 12.0. The molecular formula is C18H17Cl2N3OS. The van der Waals surface area contributed by atoms with Crippen LogP contribution in [0.3, 0.4) is 0 Å². The molecule has 0 spiro atoms. The Hall–Kier alpha value is -1.69. The minimum Gasteiger partial charge on any atom is -0.333 e. The first-order valence-electron chi connectivity index (χ1n) is 7.71. The summed E-state index contributed by atoms with van der Waals surface area (Å²) in [6.45, 7) is 1.57. The molecule has 0 aromatic heterocycles. The lowest BCUT2D eigenvalue weighted by molar-refractivity contribution is -0.117. The fourth-order valence-electron chi connectivity index (χ4n) is 2.64. The molecule has 130 valence electrons. The van der Waals surface area contributed by atoms with E-state index in [1.165, 1.54) is 0 Å². The number of rotatable bonds is 3. The maximum atomic E-state index is 12.3. The zero-order valence-electron chi connectivity index (χ0n) is 13.8. The molecule has 7 heteroatoms. The van der Waals surface area contributed by atoms with E-state index in [9.17, 15) is 4.79 Å². The van der Waals surface area contributed by atoms with Crippen LogP contribution >= 0.6 is 35.0 Å². The van der Waals surface area contributed by atoms with Gasteiger partial charge >= 0.3 is 0 Å². The summed E-state index contributed by atoms with van der Waals surface area (Å²) in [5.41, 5.74) is 1.65. The number of nitrogens with zero attached hydrogens (tertiary/aromatic N) is 3. The molecule has 0 bridgehead atoms. The first-order valence-corrected chi connectivity index (χ1v) is 9.45. The second-order valence-electron chi connectivity index (χ2n) is 5.64. The molecule has 1 unspecified atom stereocenters. The maximum Gasteiger partial charge on any atom is 0.225 e. The van der Waals surface area contributed by atoms with Crippen molar-refractivity contribution < 1.29 is 4.79 Å². The first kappa shape index (κ1) is 18.1. The highest BCUT2D eigenvalue weighted by molar-refractivity contribution is 8.14. The van der Waals surface area contributed by atoms with Gasteiger partial charge in [0.25, 0.3) is 0 Å². The second-order valence-corrected chi connectivity index (χ2v) is 7.50. The molecule has 0 saturated carbocycles. The van der Waals surface area contributed by atoms with Gasteiger partial charge in [0.15, 0.2) is 5.17 Å². The molecule has 2 aromatic rings. The Morgan fingerprint density at radius 1 is 1.12 bits per heavy atom. The van der Waals surface area contributed by atoms with Gasteiger partial charge in [-0.2, -0.15) is 0 Å². The van der Waals surface area contributed by atoms with Crippen molar-refractivity contribution in [3.63, 3.8) is 0 Å². The monoisotopic (exact) mass is 393 g/mol. The predicted molar refractivity (Wildman–Crippen MR) is 107 cm³/mol. The Balaban J connectivity index is 1.85. The number of hydrogen-bond acceptors (Lipinski definition) is 3. The molecule has 0 aliphatic carbocycles. The van der Waals surface area contributed by atoms with Gasteiger partial charge in [0, 0.05) is 35.5 Å². The van der Waals surface area contributed by atoms with E-state index in [4.69, 9.17) is 23.2 Å². The second kappa shape index (κ2) is 7.68. The van der Waals surface area contributed by atoms with Crippen molar-refractivity contribution in [1.29, 1.82) is 0 Å². The molecule has 1 saturated heterocycles. The summed E-state index contributed by atoms with van der Waals surface area (Å²) >= 11 is 13.5. The molecule has 1 heterocycles. The lowest BCUT2D eigenvalue weighted by Crippen LogP contribution is -2.48. The van der Waals surface area contributed by atoms with Gasteiger partial charge in [-0.1, -0.05) is 35.0 Å². The normalized spacial score (nSPS) is 18.6. The van der Waals surface area contributed by atoms with E-state index in [2.05, 4.69) is 4.99 Å². The van der Waals surface area contributed by atoms with Gasteiger partial charge in [-0.3, -0.25) is 9.69 Å². The van der Waals surface area contributed by atoms with E-state index in [0.29, 0.717) is 10.0 Å². The molecule has 4 nitrogen and oxygen atoms in total.